The first kappa shape index (κ1) is 22.4. The van der Waals surface area contributed by atoms with Crippen molar-refractivity contribution in [3.05, 3.63) is 89.8 Å². The van der Waals surface area contributed by atoms with Gasteiger partial charge in [0.15, 0.2) is 17.3 Å². The van der Waals surface area contributed by atoms with Gasteiger partial charge in [0.05, 0.1) is 14.2 Å². The molecule has 0 aliphatic rings. The number of amides is 1. The van der Waals surface area contributed by atoms with Gasteiger partial charge in [0.2, 0.25) is 0 Å². The Morgan fingerprint density at radius 2 is 1.74 bits per heavy atom. The minimum atomic E-state index is -0.277. The van der Waals surface area contributed by atoms with Gasteiger partial charge in [-0.1, -0.05) is 30.3 Å². The van der Waals surface area contributed by atoms with Crippen LogP contribution in [0.1, 0.15) is 21.7 Å². The average molecular weight is 471 g/mol. The maximum absolute atomic E-state index is 13.1. The van der Waals surface area contributed by atoms with Crippen LogP contribution in [0.25, 0.3) is 21.9 Å². The van der Waals surface area contributed by atoms with Crippen LogP contribution in [0.2, 0.25) is 0 Å². The fraction of sp³-hybridized carbons (Fsp3) is 0.179. The van der Waals surface area contributed by atoms with Crippen LogP contribution in [-0.2, 0) is 13.0 Å². The number of H-pyrrole nitrogens is 1. The van der Waals surface area contributed by atoms with E-state index in [-0.39, 0.29) is 18.3 Å². The molecule has 35 heavy (non-hydrogen) atoms. The molecule has 2 N–H and O–H groups in total. The lowest BCUT2D eigenvalue weighted by atomic mass is 10.1. The average Bonchev–Trinajstić information content (AvgIpc) is 3.48. The number of nitrogens with one attached hydrogen (secondary N) is 2. The lowest BCUT2D eigenvalue weighted by molar-refractivity contribution is 0.0925. The number of benzene rings is 3. The SMILES string of the molecule is COc1ccc2c(CCNC(=O)c3oc4ccccc4c3COc3ccccc3OC)c[nH]c2c1. The molecule has 1 amide bonds. The van der Waals surface area contributed by atoms with Crippen molar-refractivity contribution in [1.29, 1.82) is 0 Å². The molecule has 0 radical (unpaired) electrons. The van der Waals surface area contributed by atoms with Crippen molar-refractivity contribution < 1.29 is 23.4 Å². The standard InChI is InChI=1S/C28H26N2O5/c1-32-19-11-12-20-18(16-30-23(20)15-19)13-14-29-28(31)27-22(21-7-3-4-8-24(21)35-27)17-34-26-10-6-5-9-25(26)33-2/h3-12,15-16,30H,13-14,17H2,1-2H3,(H,29,31). The van der Waals surface area contributed by atoms with E-state index in [1.807, 2.05) is 72.9 Å². The summed E-state index contributed by atoms with van der Waals surface area (Å²) in [6.45, 7) is 0.631. The first-order chi connectivity index (χ1) is 17.2. The van der Waals surface area contributed by atoms with Crippen molar-refractivity contribution >= 4 is 27.8 Å². The molecule has 5 rings (SSSR count). The quantitative estimate of drug-likeness (QED) is 0.298. The Kier molecular flexibility index (Phi) is 6.30. The maximum atomic E-state index is 13.1. The van der Waals surface area contributed by atoms with Crippen LogP contribution in [0, 0.1) is 0 Å². The van der Waals surface area contributed by atoms with Gasteiger partial charge in [-0.15, -0.1) is 0 Å². The van der Waals surface area contributed by atoms with Gasteiger partial charge in [-0.05, 0) is 42.3 Å². The molecule has 5 aromatic rings. The second kappa shape index (κ2) is 9.85. The number of methoxy groups -OCH3 is 2. The molecular formula is C28H26N2O5. The smallest absolute Gasteiger partial charge is 0.287 e. The topological polar surface area (TPSA) is 85.7 Å². The minimum absolute atomic E-state index is 0.171. The summed E-state index contributed by atoms with van der Waals surface area (Å²) in [7, 11) is 3.24. The number of rotatable bonds is 9. The second-order valence-electron chi connectivity index (χ2n) is 8.08. The summed E-state index contributed by atoms with van der Waals surface area (Å²) in [5, 5.41) is 4.95. The molecule has 0 fully saturated rings. The zero-order valence-corrected chi connectivity index (χ0v) is 19.6. The van der Waals surface area contributed by atoms with Gasteiger partial charge in [0.25, 0.3) is 5.91 Å². The van der Waals surface area contributed by atoms with Crippen LogP contribution in [0.3, 0.4) is 0 Å². The van der Waals surface area contributed by atoms with E-state index in [1.165, 1.54) is 0 Å². The molecule has 0 saturated heterocycles. The predicted octanol–water partition coefficient (Wildman–Crippen LogP) is 5.48. The highest BCUT2D eigenvalue weighted by Crippen LogP contribution is 2.31. The van der Waals surface area contributed by atoms with Gasteiger partial charge in [0, 0.05) is 40.7 Å². The van der Waals surface area contributed by atoms with Gasteiger partial charge in [-0.2, -0.15) is 0 Å². The summed E-state index contributed by atoms with van der Waals surface area (Å²) in [6, 6.07) is 20.9. The van der Waals surface area contributed by atoms with E-state index in [0.29, 0.717) is 35.6 Å². The number of aromatic nitrogens is 1. The number of fused-ring (bicyclic) bond motifs is 2. The third-order valence-electron chi connectivity index (χ3n) is 6.00. The molecule has 2 aromatic heterocycles. The zero-order valence-electron chi connectivity index (χ0n) is 19.6. The van der Waals surface area contributed by atoms with Crippen molar-refractivity contribution in [2.75, 3.05) is 20.8 Å². The van der Waals surface area contributed by atoms with Crippen molar-refractivity contribution in [3.63, 3.8) is 0 Å². The van der Waals surface area contributed by atoms with Crippen molar-refractivity contribution in [2.45, 2.75) is 13.0 Å². The molecule has 0 aliphatic heterocycles. The highest BCUT2D eigenvalue weighted by molar-refractivity contribution is 5.99. The molecule has 0 spiro atoms. The maximum Gasteiger partial charge on any atom is 0.287 e. The van der Waals surface area contributed by atoms with Crippen molar-refractivity contribution in [1.82, 2.24) is 10.3 Å². The van der Waals surface area contributed by atoms with E-state index in [9.17, 15) is 4.79 Å². The van der Waals surface area contributed by atoms with E-state index in [2.05, 4.69) is 10.3 Å². The molecule has 178 valence electrons. The monoisotopic (exact) mass is 470 g/mol. The van der Waals surface area contributed by atoms with E-state index < -0.39 is 0 Å². The Labute approximate surface area is 202 Å². The van der Waals surface area contributed by atoms with Gasteiger partial charge >= 0.3 is 0 Å². The molecule has 2 heterocycles. The molecule has 3 aromatic carbocycles. The minimum Gasteiger partial charge on any atom is -0.497 e. The normalized spacial score (nSPS) is 11.0. The lowest BCUT2D eigenvalue weighted by Gasteiger charge is -2.11. The predicted molar refractivity (Wildman–Crippen MR) is 134 cm³/mol. The largest absolute Gasteiger partial charge is 0.497 e. The van der Waals surface area contributed by atoms with Gasteiger partial charge < -0.3 is 28.9 Å². The lowest BCUT2D eigenvalue weighted by Crippen LogP contribution is -2.26. The number of ether oxygens (including phenoxy) is 3. The summed E-state index contributed by atoms with van der Waals surface area (Å²) in [5.41, 5.74) is 3.45. The second-order valence-corrected chi connectivity index (χ2v) is 8.08. The van der Waals surface area contributed by atoms with E-state index in [4.69, 9.17) is 18.6 Å². The van der Waals surface area contributed by atoms with Gasteiger partial charge in [-0.25, -0.2) is 0 Å². The summed E-state index contributed by atoms with van der Waals surface area (Å²) in [6.07, 6.45) is 2.63. The number of carbonyl (C=O) groups is 1. The molecule has 0 atom stereocenters. The van der Waals surface area contributed by atoms with Crippen LogP contribution < -0.4 is 19.5 Å². The van der Waals surface area contributed by atoms with Crippen LogP contribution in [0.4, 0.5) is 0 Å². The first-order valence-corrected chi connectivity index (χ1v) is 11.4. The Bertz CT molecular complexity index is 1480. The summed E-state index contributed by atoms with van der Waals surface area (Å²) < 4.78 is 22.6. The fourth-order valence-corrected chi connectivity index (χ4v) is 4.20. The third-order valence-corrected chi connectivity index (χ3v) is 6.00. The number of hydrogen-bond donors (Lipinski definition) is 2. The van der Waals surface area contributed by atoms with Gasteiger partial charge in [0.1, 0.15) is 17.9 Å². The highest BCUT2D eigenvalue weighted by atomic mass is 16.5. The molecule has 7 heteroatoms. The summed E-state index contributed by atoms with van der Waals surface area (Å²) in [5.74, 6) is 2.00. The number of hydrogen-bond acceptors (Lipinski definition) is 5. The number of aromatic amines is 1. The molecule has 0 unspecified atom stereocenters. The molecule has 7 nitrogen and oxygen atoms in total. The van der Waals surface area contributed by atoms with Crippen LogP contribution in [-0.4, -0.2) is 31.7 Å². The number of para-hydroxylation sites is 3. The molecule has 0 bridgehead atoms. The molecule has 0 saturated carbocycles. The highest BCUT2D eigenvalue weighted by Gasteiger charge is 2.21. The Morgan fingerprint density at radius 1 is 0.943 bits per heavy atom. The summed E-state index contributed by atoms with van der Waals surface area (Å²) >= 11 is 0. The van der Waals surface area contributed by atoms with Crippen LogP contribution in [0.15, 0.2) is 77.3 Å². The van der Waals surface area contributed by atoms with Crippen LogP contribution >= 0.6 is 0 Å². The number of furan rings is 1. The molecular weight excluding hydrogens is 444 g/mol. The Morgan fingerprint density at radius 3 is 2.57 bits per heavy atom. The van der Waals surface area contributed by atoms with E-state index >= 15 is 0 Å². The van der Waals surface area contributed by atoms with Gasteiger partial charge in [-0.3, -0.25) is 4.79 Å². The van der Waals surface area contributed by atoms with Crippen molar-refractivity contribution in [2.24, 2.45) is 0 Å². The summed E-state index contributed by atoms with van der Waals surface area (Å²) in [4.78, 5) is 16.4. The van der Waals surface area contributed by atoms with E-state index in [0.717, 1.165) is 27.6 Å². The Balaban J connectivity index is 1.32. The molecule has 0 aliphatic carbocycles. The number of carbonyl (C=O) groups excluding carboxylic acids is 1. The van der Waals surface area contributed by atoms with Crippen LogP contribution in [0.5, 0.6) is 17.2 Å². The Hall–Kier alpha value is -4.39. The third kappa shape index (κ3) is 4.53. The fourth-order valence-electron chi connectivity index (χ4n) is 4.20. The zero-order chi connectivity index (χ0) is 24.2. The van der Waals surface area contributed by atoms with E-state index in [1.54, 1.807) is 14.2 Å². The first-order valence-electron chi connectivity index (χ1n) is 11.4. The van der Waals surface area contributed by atoms with Crippen molar-refractivity contribution in [3.8, 4) is 17.2 Å².